The van der Waals surface area contributed by atoms with E-state index >= 15 is 0 Å². The molecule has 6 heteroatoms. The molecule has 0 aliphatic carbocycles. The molecule has 2 aromatic rings. The maximum absolute atomic E-state index is 12.8. The quantitative estimate of drug-likeness (QED) is 0.658. The van der Waals surface area contributed by atoms with E-state index in [0.29, 0.717) is 6.54 Å². The molecule has 0 amide bonds. The van der Waals surface area contributed by atoms with Crippen molar-refractivity contribution >= 4 is 17.3 Å². The van der Waals surface area contributed by atoms with Crippen LogP contribution in [0.2, 0.25) is 0 Å². The van der Waals surface area contributed by atoms with E-state index in [1.165, 1.54) is 17.0 Å². The van der Waals surface area contributed by atoms with Gasteiger partial charge in [-0.05, 0) is 38.0 Å². The number of nitrogens with zero attached hydrogens (tertiary/aromatic N) is 2. The topological polar surface area (TPSA) is 49.3 Å². The Morgan fingerprint density at radius 3 is 2.55 bits per heavy atom. The van der Waals surface area contributed by atoms with Crippen LogP contribution in [0, 0.1) is 19.7 Å². The Hall–Kier alpha value is -1.95. The summed E-state index contributed by atoms with van der Waals surface area (Å²) in [5.74, 6) is 0.538. The highest BCUT2D eigenvalue weighted by atomic mass is 32.1. The Kier molecular flexibility index (Phi) is 5.89. The highest BCUT2D eigenvalue weighted by Gasteiger charge is 2.04. The number of benzene rings is 1. The molecule has 118 valence electrons. The van der Waals surface area contributed by atoms with Crippen LogP contribution in [-0.4, -0.2) is 24.5 Å². The molecule has 0 fully saturated rings. The minimum absolute atomic E-state index is 0.205. The van der Waals surface area contributed by atoms with Gasteiger partial charge < -0.3 is 10.6 Å². The first kappa shape index (κ1) is 16.4. The lowest BCUT2D eigenvalue weighted by molar-refractivity contribution is 0.626. The van der Waals surface area contributed by atoms with Gasteiger partial charge in [0.05, 0.1) is 12.2 Å². The highest BCUT2D eigenvalue weighted by Crippen LogP contribution is 2.15. The van der Waals surface area contributed by atoms with Crippen molar-refractivity contribution in [1.29, 1.82) is 0 Å². The van der Waals surface area contributed by atoms with Crippen LogP contribution in [0.1, 0.15) is 21.1 Å². The average molecular weight is 320 g/mol. The van der Waals surface area contributed by atoms with E-state index < -0.39 is 0 Å². The van der Waals surface area contributed by atoms with E-state index in [9.17, 15) is 4.39 Å². The van der Waals surface area contributed by atoms with Gasteiger partial charge in [0.1, 0.15) is 10.8 Å². The number of aryl methyl sites for hydroxylation is 2. The third kappa shape index (κ3) is 4.80. The second-order valence-corrected chi connectivity index (χ2v) is 6.27. The maximum Gasteiger partial charge on any atom is 0.191 e. The summed E-state index contributed by atoms with van der Waals surface area (Å²) in [6, 6.07) is 6.56. The number of hydrogen-bond donors (Lipinski definition) is 2. The first-order valence-electron chi connectivity index (χ1n) is 7.20. The van der Waals surface area contributed by atoms with Gasteiger partial charge >= 0.3 is 0 Å². The summed E-state index contributed by atoms with van der Waals surface area (Å²) in [7, 11) is 1.74. The van der Waals surface area contributed by atoms with Crippen LogP contribution in [-0.2, 0) is 13.0 Å². The van der Waals surface area contributed by atoms with Crippen LogP contribution in [0.5, 0.6) is 0 Å². The van der Waals surface area contributed by atoms with E-state index in [1.807, 2.05) is 6.92 Å². The number of aromatic nitrogens is 1. The fourth-order valence-corrected chi connectivity index (χ4v) is 2.84. The molecule has 0 saturated carbocycles. The third-order valence-corrected chi connectivity index (χ3v) is 4.40. The summed E-state index contributed by atoms with van der Waals surface area (Å²) in [5, 5.41) is 7.55. The van der Waals surface area contributed by atoms with Crippen LogP contribution in [0.15, 0.2) is 29.3 Å². The summed E-state index contributed by atoms with van der Waals surface area (Å²) in [6.07, 6.45) is 0.816. The van der Waals surface area contributed by atoms with Crippen molar-refractivity contribution in [1.82, 2.24) is 15.6 Å². The van der Waals surface area contributed by atoms with E-state index in [4.69, 9.17) is 0 Å². The predicted molar refractivity (Wildman–Crippen MR) is 89.9 cm³/mol. The summed E-state index contributed by atoms with van der Waals surface area (Å²) in [4.78, 5) is 9.93. The molecule has 1 aromatic heterocycles. The predicted octanol–water partition coefficient (Wildman–Crippen LogP) is 2.81. The van der Waals surface area contributed by atoms with Crippen molar-refractivity contribution in [2.45, 2.75) is 26.8 Å². The average Bonchev–Trinajstić information content (AvgIpc) is 2.83. The van der Waals surface area contributed by atoms with Gasteiger partial charge in [0.2, 0.25) is 0 Å². The first-order valence-corrected chi connectivity index (χ1v) is 8.02. The maximum atomic E-state index is 12.8. The van der Waals surface area contributed by atoms with Crippen LogP contribution < -0.4 is 10.6 Å². The molecule has 4 nitrogen and oxygen atoms in total. The zero-order valence-corrected chi connectivity index (χ0v) is 13.9. The fourth-order valence-electron chi connectivity index (χ4n) is 1.97. The van der Waals surface area contributed by atoms with Crippen LogP contribution >= 0.6 is 11.3 Å². The summed E-state index contributed by atoms with van der Waals surface area (Å²) in [6.45, 7) is 5.49. The number of thiazole rings is 1. The monoisotopic (exact) mass is 320 g/mol. The van der Waals surface area contributed by atoms with Crippen molar-refractivity contribution in [3.05, 3.63) is 51.2 Å². The summed E-state index contributed by atoms with van der Waals surface area (Å²) < 4.78 is 12.8. The molecule has 22 heavy (non-hydrogen) atoms. The molecule has 0 aliphatic heterocycles. The lowest BCUT2D eigenvalue weighted by atomic mass is 10.1. The van der Waals surface area contributed by atoms with Crippen molar-refractivity contribution in [2.24, 2.45) is 4.99 Å². The number of halogens is 1. The van der Waals surface area contributed by atoms with E-state index in [0.717, 1.165) is 35.2 Å². The fraction of sp³-hybridized carbons (Fsp3) is 0.375. The Morgan fingerprint density at radius 1 is 1.23 bits per heavy atom. The van der Waals surface area contributed by atoms with Gasteiger partial charge in [-0.3, -0.25) is 4.99 Å². The van der Waals surface area contributed by atoms with Crippen LogP contribution in [0.25, 0.3) is 0 Å². The number of guanidine groups is 1. The van der Waals surface area contributed by atoms with E-state index in [-0.39, 0.29) is 5.82 Å². The van der Waals surface area contributed by atoms with Crippen molar-refractivity contribution in [3.8, 4) is 0 Å². The van der Waals surface area contributed by atoms with E-state index in [1.54, 1.807) is 30.5 Å². The normalized spacial score (nSPS) is 11.5. The molecule has 0 atom stereocenters. The summed E-state index contributed by atoms with van der Waals surface area (Å²) >= 11 is 1.70. The largest absolute Gasteiger partial charge is 0.356 e. The van der Waals surface area contributed by atoms with Crippen molar-refractivity contribution in [3.63, 3.8) is 0 Å². The number of nitrogens with one attached hydrogen (secondary N) is 2. The van der Waals surface area contributed by atoms with Gasteiger partial charge in [-0.2, -0.15) is 0 Å². The number of aliphatic imine (C=N–C) groups is 1. The Bertz CT molecular complexity index is 615. The van der Waals surface area contributed by atoms with Gasteiger partial charge in [-0.1, -0.05) is 12.1 Å². The molecule has 2 rings (SSSR count). The van der Waals surface area contributed by atoms with Crippen LogP contribution in [0.3, 0.4) is 0 Å². The SMILES string of the molecule is CN=C(NCCc1ccc(F)cc1)NCc1nc(C)c(C)s1. The smallest absolute Gasteiger partial charge is 0.191 e. The van der Waals surface area contributed by atoms with Crippen molar-refractivity contribution in [2.75, 3.05) is 13.6 Å². The molecule has 0 aliphatic rings. The van der Waals surface area contributed by atoms with Gasteiger partial charge in [0, 0.05) is 18.5 Å². The molecular weight excluding hydrogens is 299 g/mol. The minimum Gasteiger partial charge on any atom is -0.356 e. The second kappa shape index (κ2) is 7.89. The Labute approximate surface area is 134 Å². The van der Waals surface area contributed by atoms with Gasteiger partial charge in [0.15, 0.2) is 5.96 Å². The lowest BCUT2D eigenvalue weighted by Crippen LogP contribution is -2.37. The molecule has 0 radical (unpaired) electrons. The van der Waals surface area contributed by atoms with Gasteiger partial charge in [-0.15, -0.1) is 11.3 Å². The number of hydrogen-bond acceptors (Lipinski definition) is 3. The second-order valence-electron chi connectivity index (χ2n) is 4.98. The molecule has 1 heterocycles. The summed E-state index contributed by atoms with van der Waals surface area (Å²) in [5.41, 5.74) is 2.18. The Morgan fingerprint density at radius 2 is 1.95 bits per heavy atom. The van der Waals surface area contributed by atoms with Crippen molar-refractivity contribution < 1.29 is 4.39 Å². The molecular formula is C16H21FN4S. The molecule has 2 N–H and O–H groups in total. The Balaban J connectivity index is 1.76. The molecule has 1 aromatic carbocycles. The highest BCUT2D eigenvalue weighted by molar-refractivity contribution is 7.11. The van der Waals surface area contributed by atoms with E-state index in [2.05, 4.69) is 27.5 Å². The molecule has 0 saturated heterocycles. The zero-order valence-electron chi connectivity index (χ0n) is 13.1. The van der Waals surface area contributed by atoms with Crippen LogP contribution in [0.4, 0.5) is 4.39 Å². The standard InChI is InChI=1S/C16H21FN4S/c1-11-12(2)22-15(21-11)10-20-16(18-3)19-9-8-13-4-6-14(17)7-5-13/h4-7H,8-10H2,1-3H3,(H2,18,19,20). The molecule has 0 spiro atoms. The zero-order chi connectivity index (χ0) is 15.9. The molecule has 0 unspecified atom stereocenters. The van der Waals surface area contributed by atoms with Gasteiger partial charge in [-0.25, -0.2) is 9.37 Å². The van der Waals surface area contributed by atoms with Gasteiger partial charge in [0.25, 0.3) is 0 Å². The first-order chi connectivity index (χ1) is 10.6. The molecule has 0 bridgehead atoms. The third-order valence-electron chi connectivity index (χ3n) is 3.32. The minimum atomic E-state index is -0.205. The lowest BCUT2D eigenvalue weighted by Gasteiger charge is -2.10. The number of rotatable bonds is 5.